The van der Waals surface area contributed by atoms with Gasteiger partial charge in [-0.1, -0.05) is 18.9 Å². The van der Waals surface area contributed by atoms with Crippen molar-refractivity contribution in [2.45, 2.75) is 26.3 Å². The van der Waals surface area contributed by atoms with Crippen LogP contribution in [0.15, 0.2) is 16.5 Å². The normalized spacial score (nSPS) is 11.1. The highest BCUT2D eigenvalue weighted by Crippen LogP contribution is 2.17. The zero-order chi connectivity index (χ0) is 14.0. The van der Waals surface area contributed by atoms with Crippen molar-refractivity contribution in [2.24, 2.45) is 0 Å². The molecule has 0 saturated heterocycles. The summed E-state index contributed by atoms with van der Waals surface area (Å²) in [6, 6.07) is 1.96. The van der Waals surface area contributed by atoms with Gasteiger partial charge in [-0.2, -0.15) is 0 Å². The number of hydrogen-bond donors (Lipinski definition) is 1. The number of anilines is 1. The molecule has 0 unspecified atom stereocenters. The van der Waals surface area contributed by atoms with Crippen molar-refractivity contribution in [1.29, 1.82) is 0 Å². The fourth-order valence-electron chi connectivity index (χ4n) is 1.43. The summed E-state index contributed by atoms with van der Waals surface area (Å²) in [6.07, 6.45) is 0. The second kappa shape index (κ2) is 5.29. The Kier molecular flexibility index (Phi) is 3.73. The lowest BCUT2D eigenvalue weighted by atomic mass is 10.2. The molecule has 2 rings (SSSR count). The number of nitrogens with one attached hydrogen (secondary N) is 1. The van der Waals surface area contributed by atoms with E-state index in [2.05, 4.69) is 15.5 Å². The Labute approximate surface area is 107 Å². The first-order chi connectivity index (χ1) is 8.97. The molecule has 0 radical (unpaired) electrons. The molecule has 0 bridgehead atoms. The summed E-state index contributed by atoms with van der Waals surface area (Å²) in [4.78, 5) is 0. The highest BCUT2D eigenvalue weighted by atomic mass is 19.2. The molecule has 0 aliphatic rings. The molecule has 0 atom stereocenters. The van der Waals surface area contributed by atoms with E-state index in [-0.39, 0.29) is 24.0 Å². The highest BCUT2D eigenvalue weighted by molar-refractivity contribution is 5.25. The Hall–Kier alpha value is -2.05. The SMILES string of the molecule is CC(C)c1nnc(NCc2cc(F)c(F)c(F)c2)o1. The molecule has 1 heterocycles. The van der Waals surface area contributed by atoms with E-state index in [9.17, 15) is 13.2 Å². The molecule has 4 nitrogen and oxygen atoms in total. The van der Waals surface area contributed by atoms with Gasteiger partial charge in [0.2, 0.25) is 5.89 Å². The van der Waals surface area contributed by atoms with E-state index < -0.39 is 17.5 Å². The number of nitrogens with zero attached hydrogens (tertiary/aromatic N) is 2. The van der Waals surface area contributed by atoms with Crippen molar-refractivity contribution in [3.63, 3.8) is 0 Å². The zero-order valence-corrected chi connectivity index (χ0v) is 10.4. The van der Waals surface area contributed by atoms with Gasteiger partial charge in [0.1, 0.15) is 0 Å². The second-order valence-electron chi connectivity index (χ2n) is 4.33. The number of rotatable bonds is 4. The van der Waals surface area contributed by atoms with E-state index in [4.69, 9.17) is 4.42 Å². The standard InChI is InChI=1S/C12H12F3N3O/c1-6(2)11-17-18-12(19-11)16-5-7-3-8(13)10(15)9(14)4-7/h3-4,6H,5H2,1-2H3,(H,16,18). The van der Waals surface area contributed by atoms with Gasteiger partial charge in [-0.05, 0) is 17.7 Å². The maximum Gasteiger partial charge on any atom is 0.315 e. The van der Waals surface area contributed by atoms with Gasteiger partial charge in [-0.25, -0.2) is 13.2 Å². The molecule has 0 spiro atoms. The predicted molar refractivity (Wildman–Crippen MR) is 62.0 cm³/mol. The quantitative estimate of drug-likeness (QED) is 0.867. The van der Waals surface area contributed by atoms with E-state index in [1.54, 1.807) is 0 Å². The van der Waals surface area contributed by atoms with Crippen LogP contribution in [-0.2, 0) is 6.54 Å². The van der Waals surface area contributed by atoms with Gasteiger partial charge in [0.15, 0.2) is 17.5 Å². The molecule has 7 heteroatoms. The third-order valence-corrected chi connectivity index (χ3v) is 2.42. The van der Waals surface area contributed by atoms with Crippen LogP contribution in [0, 0.1) is 17.5 Å². The van der Waals surface area contributed by atoms with Crippen LogP contribution in [-0.4, -0.2) is 10.2 Å². The monoisotopic (exact) mass is 271 g/mol. The summed E-state index contributed by atoms with van der Waals surface area (Å²) in [5.74, 6) is -3.40. The molecule has 0 aliphatic heterocycles. The summed E-state index contributed by atoms with van der Waals surface area (Å²) in [5, 5.41) is 10.2. The minimum Gasteiger partial charge on any atom is -0.408 e. The Morgan fingerprint density at radius 2 is 1.79 bits per heavy atom. The lowest BCUT2D eigenvalue weighted by Crippen LogP contribution is -2.02. The summed E-state index contributed by atoms with van der Waals surface area (Å²) in [6.45, 7) is 3.83. The van der Waals surface area contributed by atoms with Crippen LogP contribution in [0.4, 0.5) is 19.2 Å². The van der Waals surface area contributed by atoms with Gasteiger partial charge in [0.05, 0.1) is 0 Å². The Balaban J connectivity index is 2.06. The van der Waals surface area contributed by atoms with Crippen LogP contribution < -0.4 is 5.32 Å². The number of benzene rings is 1. The van der Waals surface area contributed by atoms with E-state index in [0.717, 1.165) is 12.1 Å². The Morgan fingerprint density at radius 1 is 1.16 bits per heavy atom. The van der Waals surface area contributed by atoms with Crippen molar-refractivity contribution >= 4 is 6.01 Å². The number of hydrogen-bond acceptors (Lipinski definition) is 4. The van der Waals surface area contributed by atoms with E-state index in [1.165, 1.54) is 0 Å². The summed E-state index contributed by atoms with van der Waals surface area (Å²) in [5.41, 5.74) is 0.237. The van der Waals surface area contributed by atoms with Gasteiger partial charge in [-0.15, -0.1) is 5.10 Å². The van der Waals surface area contributed by atoms with E-state index >= 15 is 0 Å². The van der Waals surface area contributed by atoms with Crippen LogP contribution in [0.3, 0.4) is 0 Å². The van der Waals surface area contributed by atoms with Gasteiger partial charge < -0.3 is 9.73 Å². The van der Waals surface area contributed by atoms with E-state index in [0.29, 0.717) is 5.89 Å². The molecule has 1 aromatic carbocycles. The second-order valence-corrected chi connectivity index (χ2v) is 4.33. The fraction of sp³-hybridized carbons (Fsp3) is 0.333. The maximum absolute atomic E-state index is 13.0. The molecule has 1 N–H and O–H groups in total. The first kappa shape index (κ1) is 13.4. The molecule has 0 saturated carbocycles. The van der Waals surface area contributed by atoms with Gasteiger partial charge in [-0.3, -0.25) is 0 Å². The van der Waals surface area contributed by atoms with Crippen LogP contribution in [0.25, 0.3) is 0 Å². The predicted octanol–water partition coefficient (Wildman–Crippen LogP) is 3.22. The fourth-order valence-corrected chi connectivity index (χ4v) is 1.43. The van der Waals surface area contributed by atoms with E-state index in [1.807, 2.05) is 13.8 Å². The largest absolute Gasteiger partial charge is 0.408 e. The van der Waals surface area contributed by atoms with Crippen molar-refractivity contribution in [3.05, 3.63) is 41.0 Å². The summed E-state index contributed by atoms with van der Waals surface area (Å²) in [7, 11) is 0. The summed E-state index contributed by atoms with van der Waals surface area (Å²) >= 11 is 0. The Morgan fingerprint density at radius 3 is 2.32 bits per heavy atom. The minimum atomic E-state index is -1.48. The van der Waals surface area contributed by atoms with Gasteiger partial charge in [0, 0.05) is 12.5 Å². The van der Waals surface area contributed by atoms with Crippen molar-refractivity contribution in [3.8, 4) is 0 Å². The lowest BCUT2D eigenvalue weighted by Gasteiger charge is -2.03. The molecular weight excluding hydrogens is 259 g/mol. The molecule has 0 fully saturated rings. The van der Waals surface area contributed by atoms with Crippen LogP contribution in [0.2, 0.25) is 0 Å². The minimum absolute atomic E-state index is 0.0495. The van der Waals surface area contributed by atoms with Crippen LogP contribution in [0.5, 0.6) is 0 Å². The van der Waals surface area contributed by atoms with Crippen molar-refractivity contribution in [1.82, 2.24) is 10.2 Å². The average molecular weight is 271 g/mol. The third kappa shape index (κ3) is 3.04. The number of halogens is 3. The highest BCUT2D eigenvalue weighted by Gasteiger charge is 2.12. The molecule has 0 aliphatic carbocycles. The van der Waals surface area contributed by atoms with Gasteiger partial charge >= 0.3 is 6.01 Å². The smallest absolute Gasteiger partial charge is 0.315 e. The van der Waals surface area contributed by atoms with Crippen LogP contribution in [0.1, 0.15) is 31.2 Å². The average Bonchev–Trinajstić information content (AvgIpc) is 2.82. The maximum atomic E-state index is 13.0. The first-order valence-electron chi connectivity index (χ1n) is 5.68. The van der Waals surface area contributed by atoms with Crippen LogP contribution >= 0.6 is 0 Å². The molecule has 19 heavy (non-hydrogen) atoms. The topological polar surface area (TPSA) is 51.0 Å². The first-order valence-corrected chi connectivity index (χ1v) is 5.68. The third-order valence-electron chi connectivity index (χ3n) is 2.42. The van der Waals surface area contributed by atoms with Gasteiger partial charge in [0.25, 0.3) is 0 Å². The molecule has 2 aromatic rings. The summed E-state index contributed by atoms with van der Waals surface area (Å²) < 4.78 is 44.0. The number of aromatic nitrogens is 2. The Bertz CT molecular complexity index is 560. The van der Waals surface area contributed by atoms with Crippen molar-refractivity contribution < 1.29 is 17.6 Å². The molecule has 1 aromatic heterocycles. The zero-order valence-electron chi connectivity index (χ0n) is 10.4. The molecule has 0 amide bonds. The lowest BCUT2D eigenvalue weighted by molar-refractivity contribution is 0.445. The molecular formula is C12H12F3N3O. The molecule has 102 valence electrons. The van der Waals surface area contributed by atoms with Crippen molar-refractivity contribution in [2.75, 3.05) is 5.32 Å².